The average molecular weight is 253 g/mol. The van der Waals surface area contributed by atoms with Gasteiger partial charge in [0.05, 0.1) is 25.2 Å². The average Bonchev–Trinajstić information content (AvgIpc) is 2.36. The van der Waals surface area contributed by atoms with Crippen molar-refractivity contribution in [3.8, 4) is 6.07 Å². The van der Waals surface area contributed by atoms with E-state index in [-0.39, 0.29) is 23.1 Å². The third kappa shape index (κ3) is 3.04. The molecular formula is C13H13F2NO2. The maximum absolute atomic E-state index is 13.0. The highest BCUT2D eigenvalue weighted by atomic mass is 19.3. The third-order valence-electron chi connectivity index (χ3n) is 2.63. The maximum Gasteiger partial charge on any atom is 0.309 e. The lowest BCUT2D eigenvalue weighted by molar-refractivity contribution is -0.139. The van der Waals surface area contributed by atoms with Gasteiger partial charge in [-0.05, 0) is 23.6 Å². The summed E-state index contributed by atoms with van der Waals surface area (Å²) in [5.74, 6) is -0.603. The molecule has 0 fully saturated rings. The van der Waals surface area contributed by atoms with Gasteiger partial charge in [0, 0.05) is 5.56 Å². The van der Waals surface area contributed by atoms with Gasteiger partial charge in [-0.15, -0.1) is 0 Å². The number of esters is 1. The predicted molar refractivity (Wildman–Crippen MR) is 61.2 cm³/mol. The topological polar surface area (TPSA) is 50.1 Å². The number of halogens is 2. The first-order valence-electron chi connectivity index (χ1n) is 5.44. The van der Waals surface area contributed by atoms with Gasteiger partial charge in [-0.1, -0.05) is 13.0 Å². The first-order chi connectivity index (χ1) is 8.53. The smallest absolute Gasteiger partial charge is 0.309 e. The minimum absolute atomic E-state index is 0.0803. The van der Waals surface area contributed by atoms with Crippen molar-refractivity contribution in [2.24, 2.45) is 0 Å². The number of hydrogen-bond donors (Lipinski definition) is 0. The van der Waals surface area contributed by atoms with E-state index in [0.29, 0.717) is 6.42 Å². The molecule has 0 aromatic heterocycles. The third-order valence-corrected chi connectivity index (χ3v) is 2.63. The quantitative estimate of drug-likeness (QED) is 0.775. The molecule has 5 heteroatoms. The van der Waals surface area contributed by atoms with Crippen molar-refractivity contribution in [1.82, 2.24) is 0 Å². The number of carbonyl (C=O) groups is 1. The van der Waals surface area contributed by atoms with Crippen molar-refractivity contribution >= 4 is 5.97 Å². The molecule has 3 nitrogen and oxygen atoms in total. The maximum atomic E-state index is 13.0. The van der Waals surface area contributed by atoms with Crippen LogP contribution in [-0.2, 0) is 22.4 Å². The molecule has 0 aliphatic heterocycles. The highest BCUT2D eigenvalue weighted by Gasteiger charge is 2.20. The molecule has 1 aromatic carbocycles. The number of carbonyl (C=O) groups excluding carboxylic acids is 1. The molecule has 0 amide bonds. The van der Waals surface area contributed by atoms with E-state index in [2.05, 4.69) is 4.74 Å². The SMILES string of the molecule is CCc1cc(C#N)c(C(F)F)c(CC(=O)OC)c1. The molecule has 0 aliphatic carbocycles. The van der Waals surface area contributed by atoms with Crippen LogP contribution in [0.3, 0.4) is 0 Å². The zero-order valence-electron chi connectivity index (χ0n) is 10.2. The van der Waals surface area contributed by atoms with Crippen LogP contribution in [-0.4, -0.2) is 13.1 Å². The molecule has 0 aliphatic rings. The van der Waals surface area contributed by atoms with Crippen LogP contribution >= 0.6 is 0 Å². The lowest BCUT2D eigenvalue weighted by Gasteiger charge is -2.12. The Morgan fingerprint density at radius 1 is 1.50 bits per heavy atom. The lowest BCUT2D eigenvalue weighted by atomic mass is 9.95. The molecule has 0 saturated heterocycles. The molecule has 1 aromatic rings. The minimum atomic E-state index is -2.79. The fourth-order valence-corrected chi connectivity index (χ4v) is 1.71. The highest BCUT2D eigenvalue weighted by molar-refractivity contribution is 5.73. The summed E-state index contributed by atoms with van der Waals surface area (Å²) in [4.78, 5) is 11.2. The van der Waals surface area contributed by atoms with E-state index in [4.69, 9.17) is 5.26 Å². The Morgan fingerprint density at radius 2 is 2.17 bits per heavy atom. The van der Waals surface area contributed by atoms with Gasteiger partial charge in [-0.2, -0.15) is 5.26 Å². The van der Waals surface area contributed by atoms with Gasteiger partial charge < -0.3 is 4.74 Å². The van der Waals surface area contributed by atoms with Gasteiger partial charge in [-0.25, -0.2) is 8.78 Å². The van der Waals surface area contributed by atoms with Crippen LogP contribution in [0.25, 0.3) is 0 Å². The van der Waals surface area contributed by atoms with E-state index >= 15 is 0 Å². The van der Waals surface area contributed by atoms with Gasteiger partial charge in [0.25, 0.3) is 6.43 Å². The van der Waals surface area contributed by atoms with Gasteiger partial charge >= 0.3 is 5.97 Å². The Morgan fingerprint density at radius 3 is 2.61 bits per heavy atom. The molecule has 0 unspecified atom stereocenters. The summed E-state index contributed by atoms with van der Waals surface area (Å²) in [6.07, 6.45) is -2.43. The molecule has 0 bridgehead atoms. The Balaban J connectivity index is 3.35. The second-order valence-electron chi connectivity index (χ2n) is 3.74. The number of nitriles is 1. The second-order valence-corrected chi connectivity index (χ2v) is 3.74. The molecular weight excluding hydrogens is 240 g/mol. The number of alkyl halides is 2. The Hall–Kier alpha value is -1.96. The second kappa shape index (κ2) is 6.10. The van der Waals surface area contributed by atoms with Crippen molar-refractivity contribution in [2.75, 3.05) is 7.11 Å². The molecule has 96 valence electrons. The van der Waals surface area contributed by atoms with Crippen LogP contribution in [0.15, 0.2) is 12.1 Å². The Bertz CT molecular complexity index is 492. The number of hydrogen-bond acceptors (Lipinski definition) is 3. The molecule has 0 heterocycles. The van der Waals surface area contributed by atoms with Crippen molar-refractivity contribution in [2.45, 2.75) is 26.2 Å². The molecule has 0 saturated carbocycles. The number of aryl methyl sites for hydroxylation is 1. The fraction of sp³-hybridized carbons (Fsp3) is 0.385. The van der Waals surface area contributed by atoms with Crippen molar-refractivity contribution in [1.29, 1.82) is 5.26 Å². The fourth-order valence-electron chi connectivity index (χ4n) is 1.71. The molecule has 1 rings (SSSR count). The van der Waals surface area contributed by atoms with Gasteiger partial charge in [0.1, 0.15) is 0 Å². The standard InChI is InChI=1S/C13H13F2NO2/c1-3-8-4-9(6-11(17)18-2)12(13(14)15)10(5-8)7-16/h4-5,13H,3,6H2,1-2H3. The largest absolute Gasteiger partial charge is 0.469 e. The van der Waals surface area contributed by atoms with Crippen LogP contribution in [0.4, 0.5) is 8.78 Å². The van der Waals surface area contributed by atoms with E-state index in [1.807, 2.05) is 6.92 Å². The molecule has 0 spiro atoms. The summed E-state index contributed by atoms with van der Waals surface area (Å²) in [6.45, 7) is 1.85. The number of methoxy groups -OCH3 is 1. The summed E-state index contributed by atoms with van der Waals surface area (Å²) in [6, 6.07) is 4.71. The van der Waals surface area contributed by atoms with Crippen LogP contribution in [0, 0.1) is 11.3 Å². The van der Waals surface area contributed by atoms with Crippen molar-refractivity contribution < 1.29 is 18.3 Å². The van der Waals surface area contributed by atoms with Crippen molar-refractivity contribution in [3.05, 3.63) is 34.4 Å². The van der Waals surface area contributed by atoms with Gasteiger partial charge in [0.2, 0.25) is 0 Å². The van der Waals surface area contributed by atoms with Crippen LogP contribution in [0.1, 0.15) is 35.6 Å². The Kier molecular flexibility index (Phi) is 4.78. The van der Waals surface area contributed by atoms with E-state index in [1.54, 1.807) is 6.07 Å². The van der Waals surface area contributed by atoms with Gasteiger partial charge in [-0.3, -0.25) is 4.79 Å². The number of ether oxygens (including phenoxy) is 1. The first kappa shape index (κ1) is 14.1. The van der Waals surface area contributed by atoms with E-state index in [9.17, 15) is 13.6 Å². The lowest BCUT2D eigenvalue weighted by Crippen LogP contribution is -2.09. The summed E-state index contributed by atoms with van der Waals surface area (Å²) < 4.78 is 30.4. The summed E-state index contributed by atoms with van der Waals surface area (Å²) in [5.41, 5.74) is 0.450. The normalized spacial score (nSPS) is 10.2. The van der Waals surface area contributed by atoms with Crippen molar-refractivity contribution in [3.63, 3.8) is 0 Å². The highest BCUT2D eigenvalue weighted by Crippen LogP contribution is 2.28. The Labute approximate surface area is 104 Å². The van der Waals surface area contributed by atoms with E-state index < -0.39 is 12.4 Å². The molecule has 0 N–H and O–H groups in total. The summed E-state index contributed by atoms with van der Waals surface area (Å²) in [7, 11) is 1.19. The monoisotopic (exact) mass is 253 g/mol. The zero-order chi connectivity index (χ0) is 13.7. The molecule has 0 radical (unpaired) electrons. The van der Waals surface area contributed by atoms with Crippen LogP contribution in [0.2, 0.25) is 0 Å². The summed E-state index contributed by atoms with van der Waals surface area (Å²) >= 11 is 0. The zero-order valence-corrected chi connectivity index (χ0v) is 10.2. The number of benzene rings is 1. The van der Waals surface area contributed by atoms with E-state index in [0.717, 1.165) is 5.56 Å². The first-order valence-corrected chi connectivity index (χ1v) is 5.44. The number of nitrogens with zero attached hydrogens (tertiary/aromatic N) is 1. The molecule has 18 heavy (non-hydrogen) atoms. The van der Waals surface area contributed by atoms with E-state index in [1.165, 1.54) is 19.2 Å². The van der Waals surface area contributed by atoms with Crippen LogP contribution in [0.5, 0.6) is 0 Å². The predicted octanol–water partition coefficient (Wildman–Crippen LogP) is 2.77. The summed E-state index contributed by atoms with van der Waals surface area (Å²) in [5, 5.41) is 8.90. The minimum Gasteiger partial charge on any atom is -0.469 e. The van der Waals surface area contributed by atoms with Crippen LogP contribution < -0.4 is 0 Å². The molecule has 0 atom stereocenters. The number of rotatable bonds is 4. The van der Waals surface area contributed by atoms with Gasteiger partial charge in [0.15, 0.2) is 0 Å².